The molecule has 3 saturated heterocycles. The summed E-state index contributed by atoms with van der Waals surface area (Å²) in [6, 6.07) is 0.276. The number of aliphatic hydroxyl groups is 5. The van der Waals surface area contributed by atoms with Crippen molar-refractivity contribution in [3.05, 3.63) is 0 Å². The van der Waals surface area contributed by atoms with E-state index >= 15 is 0 Å². The number of carbonyl (C=O) groups is 1. The molecule has 0 unspecified atom stereocenters. The second-order valence-electron chi connectivity index (χ2n) is 16.0. The number of ether oxygens (including phenoxy) is 2. The lowest BCUT2D eigenvalue weighted by Crippen LogP contribution is -2.67. The third-order valence-electron chi connectivity index (χ3n) is 14.0. The average Bonchev–Trinajstić information content (AvgIpc) is 3.33. The lowest BCUT2D eigenvalue weighted by Gasteiger charge is -2.59. The van der Waals surface area contributed by atoms with Gasteiger partial charge in [0.15, 0.2) is 6.29 Å². The highest BCUT2D eigenvalue weighted by Gasteiger charge is 2.64. The van der Waals surface area contributed by atoms with Crippen LogP contribution in [0.3, 0.4) is 0 Å². The smallest absolute Gasteiger partial charge is 0.186 e. The molecule has 0 radical (unpaired) electrons. The van der Waals surface area contributed by atoms with Gasteiger partial charge in [-0.25, -0.2) is 0 Å². The molecule has 0 spiro atoms. The van der Waals surface area contributed by atoms with Gasteiger partial charge in [-0.05, 0) is 105 Å². The Bertz CT molecular complexity index is 1040. The summed E-state index contributed by atoms with van der Waals surface area (Å²) in [4.78, 5) is 16.5. The fraction of sp³-hybridized carbons (Fsp3) is 0.970. The van der Waals surface area contributed by atoms with Crippen LogP contribution in [0.4, 0.5) is 0 Å². The normalized spacial score (nSPS) is 57.9. The van der Waals surface area contributed by atoms with Gasteiger partial charge in [-0.3, -0.25) is 9.69 Å². The fourth-order valence-corrected chi connectivity index (χ4v) is 11.8. The maximum atomic E-state index is 13.9. The molecule has 0 bridgehead atoms. The molecule has 0 aromatic carbocycles. The molecule has 42 heavy (non-hydrogen) atoms. The van der Waals surface area contributed by atoms with E-state index in [0.717, 1.165) is 51.6 Å². The number of fused-ring (bicyclic) bond motifs is 8. The number of nitrogens with zero attached hydrogens (tertiary/aromatic N) is 1. The van der Waals surface area contributed by atoms with Gasteiger partial charge in [-0.1, -0.05) is 13.8 Å². The highest BCUT2D eigenvalue weighted by molar-refractivity contribution is 5.83. The number of rotatable bonds is 3. The molecule has 7 fully saturated rings. The molecular formula is C33H53NO8. The van der Waals surface area contributed by atoms with Crippen LogP contribution in [-0.2, 0) is 14.3 Å². The van der Waals surface area contributed by atoms with Crippen LogP contribution in [0.1, 0.15) is 78.6 Å². The molecule has 0 aromatic rings. The van der Waals surface area contributed by atoms with Crippen LogP contribution in [0.2, 0.25) is 0 Å². The number of piperidine rings is 2. The van der Waals surface area contributed by atoms with Gasteiger partial charge in [0.25, 0.3) is 0 Å². The Labute approximate surface area is 249 Å². The van der Waals surface area contributed by atoms with Gasteiger partial charge in [0.05, 0.1) is 18.3 Å². The third kappa shape index (κ3) is 4.50. The van der Waals surface area contributed by atoms with Gasteiger partial charge in [-0.15, -0.1) is 0 Å². The molecular weight excluding hydrogens is 538 g/mol. The summed E-state index contributed by atoms with van der Waals surface area (Å²) in [5.74, 6) is 3.79. The van der Waals surface area contributed by atoms with E-state index in [4.69, 9.17) is 9.47 Å². The van der Waals surface area contributed by atoms with Crippen molar-refractivity contribution in [3.8, 4) is 0 Å². The summed E-state index contributed by atoms with van der Waals surface area (Å²) in [5, 5.41) is 52.4. The topological polar surface area (TPSA) is 140 Å². The molecule has 9 heteroatoms. The summed E-state index contributed by atoms with van der Waals surface area (Å²) in [6.07, 6.45) is 1.67. The van der Waals surface area contributed by atoms with Crippen LogP contribution >= 0.6 is 0 Å². The van der Waals surface area contributed by atoms with E-state index in [1.54, 1.807) is 0 Å². The average molecular weight is 592 g/mol. The molecule has 0 amide bonds. The molecule has 7 aliphatic rings. The lowest BCUT2D eigenvalue weighted by molar-refractivity contribution is -0.315. The Kier molecular flexibility index (Phi) is 7.66. The Morgan fingerprint density at radius 1 is 0.905 bits per heavy atom. The predicted octanol–water partition coefficient (Wildman–Crippen LogP) is 1.71. The molecule has 0 aromatic heterocycles. The lowest BCUT2D eigenvalue weighted by atomic mass is 9.51. The Balaban J connectivity index is 1.07. The Morgan fingerprint density at radius 2 is 1.69 bits per heavy atom. The number of ketones is 1. The molecule has 3 heterocycles. The van der Waals surface area contributed by atoms with E-state index in [1.165, 1.54) is 6.42 Å². The Morgan fingerprint density at radius 3 is 2.45 bits per heavy atom. The van der Waals surface area contributed by atoms with Crippen molar-refractivity contribution in [3.63, 3.8) is 0 Å². The van der Waals surface area contributed by atoms with E-state index in [9.17, 15) is 30.3 Å². The highest BCUT2D eigenvalue weighted by Crippen LogP contribution is 2.66. The number of hydrogen-bond acceptors (Lipinski definition) is 9. The zero-order valence-electron chi connectivity index (χ0n) is 25.6. The second kappa shape index (κ2) is 10.7. The van der Waals surface area contributed by atoms with Crippen molar-refractivity contribution < 1.29 is 39.8 Å². The SMILES string of the molecule is C[C@H]1CC[C@@H]2N(C1)C[C@@H]1[C@@H]3C[C@H]4[C@H](CC(=O)[C@H]5C[C@H](O[C@H]6O[C@H](CO)[C@@H](O)[C@H](O)[C@H]6O)CC[C@@]54C)[C@@H]3CC[C@H]1[C@]2(C)O. The van der Waals surface area contributed by atoms with Crippen molar-refractivity contribution >= 4 is 5.78 Å². The predicted molar refractivity (Wildman–Crippen MR) is 153 cm³/mol. The highest BCUT2D eigenvalue weighted by atomic mass is 16.7. The van der Waals surface area contributed by atoms with Crippen LogP contribution in [-0.4, -0.2) is 104 Å². The minimum absolute atomic E-state index is 0.0958. The van der Waals surface area contributed by atoms with E-state index in [2.05, 4.69) is 25.7 Å². The second-order valence-corrected chi connectivity index (χ2v) is 16.0. The van der Waals surface area contributed by atoms with Gasteiger partial charge in [0.2, 0.25) is 0 Å². The van der Waals surface area contributed by atoms with Crippen molar-refractivity contribution in [1.82, 2.24) is 4.90 Å². The van der Waals surface area contributed by atoms with Gasteiger partial charge in [-0.2, -0.15) is 0 Å². The summed E-state index contributed by atoms with van der Waals surface area (Å²) < 4.78 is 11.8. The molecule has 7 rings (SSSR count). The summed E-state index contributed by atoms with van der Waals surface area (Å²) >= 11 is 0. The first-order valence-electron chi connectivity index (χ1n) is 16.9. The Hall–Kier alpha value is -0.650. The van der Waals surface area contributed by atoms with Gasteiger partial charge in [0, 0.05) is 31.5 Å². The van der Waals surface area contributed by atoms with Crippen LogP contribution in [0, 0.1) is 52.8 Å². The van der Waals surface area contributed by atoms with Crippen molar-refractivity contribution in [1.29, 1.82) is 0 Å². The molecule has 4 aliphatic carbocycles. The molecule has 17 atom stereocenters. The number of Topliss-reactive ketones (excluding diaryl/α,β-unsaturated/α-hetero) is 1. The van der Waals surface area contributed by atoms with Crippen LogP contribution in [0.5, 0.6) is 0 Å². The van der Waals surface area contributed by atoms with E-state index in [1.807, 2.05) is 0 Å². The summed E-state index contributed by atoms with van der Waals surface area (Å²) in [5.41, 5.74) is -0.745. The molecule has 3 aliphatic heterocycles. The van der Waals surface area contributed by atoms with Crippen LogP contribution in [0.25, 0.3) is 0 Å². The third-order valence-corrected chi connectivity index (χ3v) is 14.0. The maximum absolute atomic E-state index is 13.9. The molecule has 9 nitrogen and oxygen atoms in total. The van der Waals surface area contributed by atoms with Crippen molar-refractivity contribution in [2.75, 3.05) is 19.7 Å². The van der Waals surface area contributed by atoms with E-state index < -0.39 is 42.9 Å². The zero-order valence-corrected chi connectivity index (χ0v) is 25.6. The van der Waals surface area contributed by atoms with Crippen LogP contribution < -0.4 is 0 Å². The molecule has 5 N–H and O–H groups in total. The quantitative estimate of drug-likeness (QED) is 0.310. The number of carbonyl (C=O) groups excluding carboxylic acids is 1. The van der Waals surface area contributed by atoms with E-state index in [0.29, 0.717) is 60.1 Å². The first-order valence-corrected chi connectivity index (χ1v) is 16.9. The molecule has 4 saturated carbocycles. The van der Waals surface area contributed by atoms with Crippen LogP contribution in [0.15, 0.2) is 0 Å². The molecule has 238 valence electrons. The van der Waals surface area contributed by atoms with E-state index in [-0.39, 0.29) is 23.5 Å². The zero-order chi connectivity index (χ0) is 29.7. The number of aliphatic hydroxyl groups excluding tert-OH is 4. The first kappa shape index (κ1) is 30.0. The maximum Gasteiger partial charge on any atom is 0.186 e. The number of hydrogen-bond donors (Lipinski definition) is 5. The van der Waals surface area contributed by atoms with Crippen molar-refractivity contribution in [2.45, 2.75) is 127 Å². The first-order chi connectivity index (χ1) is 19.9. The van der Waals surface area contributed by atoms with Gasteiger partial charge < -0.3 is 35.0 Å². The minimum atomic E-state index is -1.47. The van der Waals surface area contributed by atoms with Gasteiger partial charge >= 0.3 is 0 Å². The minimum Gasteiger partial charge on any atom is -0.394 e. The van der Waals surface area contributed by atoms with Crippen molar-refractivity contribution in [2.24, 2.45) is 52.8 Å². The van der Waals surface area contributed by atoms with Gasteiger partial charge in [0.1, 0.15) is 30.2 Å². The standard InChI is InChI=1S/C33H53NO8/c1-16-4-7-27-33(3,40)22-6-5-18-19(21(22)14-34(27)13-16)11-23-20(18)12-25(36)24-10-17(8-9-32(23,24)2)41-31-30(39)29(38)28(37)26(15-35)42-31/h16-24,26-31,35,37-40H,4-15H2,1-3H3/t16-,17+,18+,19+,20+,21+,22+,23-,24+,26+,27-,28+,29-,30+,31-,32+,33-/m0/s1. The monoisotopic (exact) mass is 591 g/mol. The fourth-order valence-electron chi connectivity index (χ4n) is 11.8. The largest absolute Gasteiger partial charge is 0.394 e. The summed E-state index contributed by atoms with van der Waals surface area (Å²) in [6.45, 7) is 8.49. The summed E-state index contributed by atoms with van der Waals surface area (Å²) in [7, 11) is 0.